The smallest absolute Gasteiger partial charge is 0.205 e. The van der Waals surface area contributed by atoms with E-state index in [0.717, 1.165) is 26.2 Å². The summed E-state index contributed by atoms with van der Waals surface area (Å²) in [6, 6.07) is 17.6. The van der Waals surface area contributed by atoms with Gasteiger partial charge < -0.3 is 9.80 Å². The van der Waals surface area contributed by atoms with Gasteiger partial charge >= 0.3 is 0 Å². The zero-order valence-corrected chi connectivity index (χ0v) is 20.5. The molecule has 0 radical (unpaired) electrons. The van der Waals surface area contributed by atoms with Gasteiger partial charge in [0.15, 0.2) is 5.71 Å². The molecule has 0 aliphatic heterocycles. The Morgan fingerprint density at radius 2 is 1.06 bits per heavy atom. The number of anilines is 3. The minimum absolute atomic E-state index is 1.03. The van der Waals surface area contributed by atoms with Gasteiger partial charge in [-0.25, -0.2) is 4.58 Å². The van der Waals surface area contributed by atoms with E-state index in [1.807, 2.05) is 0 Å². The predicted octanol–water partition coefficient (Wildman–Crippen LogP) is 5.63. The van der Waals surface area contributed by atoms with Crippen LogP contribution in [0.4, 0.5) is 22.7 Å². The van der Waals surface area contributed by atoms with Crippen molar-refractivity contribution in [2.45, 2.75) is 27.7 Å². The monoisotopic (exact) mass is 430 g/mol. The van der Waals surface area contributed by atoms with Crippen molar-refractivity contribution in [1.29, 1.82) is 0 Å². The van der Waals surface area contributed by atoms with Crippen molar-refractivity contribution >= 4 is 34.2 Å². The van der Waals surface area contributed by atoms with Crippen LogP contribution in [0.1, 0.15) is 27.7 Å². The second kappa shape index (κ2) is 10.9. The van der Waals surface area contributed by atoms with Gasteiger partial charge in [0, 0.05) is 73.6 Å². The van der Waals surface area contributed by atoms with Crippen molar-refractivity contribution in [2.75, 3.05) is 50.1 Å². The maximum absolute atomic E-state index is 2.36. The van der Waals surface area contributed by atoms with E-state index in [1.165, 1.54) is 34.2 Å². The first-order valence-corrected chi connectivity index (χ1v) is 11.8. The number of hydrogen-bond acceptors (Lipinski definition) is 2. The number of rotatable bonds is 8. The average molecular weight is 431 g/mol. The summed E-state index contributed by atoms with van der Waals surface area (Å²) in [5, 5.41) is 0. The highest BCUT2D eigenvalue weighted by atomic mass is 15.1. The van der Waals surface area contributed by atoms with E-state index in [-0.39, 0.29) is 0 Å². The molecule has 168 valence electrons. The van der Waals surface area contributed by atoms with E-state index < -0.39 is 0 Å². The third-order valence-corrected chi connectivity index (χ3v) is 6.36. The van der Waals surface area contributed by atoms with Crippen molar-refractivity contribution < 1.29 is 9.15 Å². The van der Waals surface area contributed by atoms with Crippen LogP contribution in [0.15, 0.2) is 72.8 Å². The molecule has 0 fully saturated rings. The summed E-state index contributed by atoms with van der Waals surface area (Å²) in [4.78, 5) is 4.59. The third kappa shape index (κ3) is 5.18. The van der Waals surface area contributed by atoms with Crippen molar-refractivity contribution in [3.8, 4) is 0 Å². The zero-order valence-electron chi connectivity index (χ0n) is 20.5. The average Bonchev–Trinajstić information content (AvgIpc) is 2.85. The van der Waals surface area contributed by atoms with Crippen LogP contribution in [-0.4, -0.2) is 60.8 Å². The van der Waals surface area contributed by atoms with Gasteiger partial charge in [-0.05, 0) is 64.1 Å². The quantitative estimate of drug-likeness (QED) is 0.397. The van der Waals surface area contributed by atoms with Crippen LogP contribution in [0, 0.1) is 0 Å². The largest absolute Gasteiger partial charge is 0.372 e. The molecule has 0 aromatic heterocycles. The maximum Gasteiger partial charge on any atom is 0.205 e. The molecular formula is C28H38N4+2. The highest BCUT2D eigenvalue weighted by molar-refractivity contribution is 6.15. The highest BCUT2D eigenvalue weighted by Gasteiger charge is 2.16. The lowest BCUT2D eigenvalue weighted by Crippen LogP contribution is -2.21. The molecular weight excluding hydrogens is 392 g/mol. The Bertz CT molecular complexity index is 996. The number of benzene rings is 2. The van der Waals surface area contributed by atoms with Crippen LogP contribution in [0.2, 0.25) is 0 Å². The van der Waals surface area contributed by atoms with Gasteiger partial charge in [0.05, 0.1) is 0 Å². The molecule has 0 saturated carbocycles. The van der Waals surface area contributed by atoms with Crippen LogP contribution in [0.5, 0.6) is 0 Å². The molecule has 0 amide bonds. The fourth-order valence-corrected chi connectivity index (χ4v) is 4.15. The van der Waals surface area contributed by atoms with E-state index in [0.29, 0.717) is 0 Å². The minimum atomic E-state index is 1.03. The van der Waals surface area contributed by atoms with E-state index in [9.17, 15) is 0 Å². The van der Waals surface area contributed by atoms with Crippen LogP contribution >= 0.6 is 0 Å². The molecule has 3 rings (SSSR count). The topological polar surface area (TPSA) is 12.5 Å². The summed E-state index contributed by atoms with van der Waals surface area (Å²) >= 11 is 0. The fourth-order valence-electron chi connectivity index (χ4n) is 4.15. The Morgan fingerprint density at radius 1 is 0.625 bits per heavy atom. The van der Waals surface area contributed by atoms with Crippen LogP contribution in [-0.2, 0) is 0 Å². The lowest BCUT2D eigenvalue weighted by Gasteiger charge is -2.23. The first-order valence-electron chi connectivity index (χ1n) is 11.8. The molecule has 4 nitrogen and oxygen atoms in total. The van der Waals surface area contributed by atoms with Crippen molar-refractivity contribution in [1.82, 2.24) is 0 Å². The molecule has 0 atom stereocenters. The summed E-state index contributed by atoms with van der Waals surface area (Å²) in [6.07, 6.45) is 8.82. The molecule has 1 aliphatic carbocycles. The second-order valence-corrected chi connectivity index (χ2v) is 8.01. The summed E-state index contributed by atoms with van der Waals surface area (Å²) in [7, 11) is 4.24. The molecule has 4 heteroatoms. The van der Waals surface area contributed by atoms with E-state index in [1.54, 1.807) is 0 Å². The van der Waals surface area contributed by atoms with Gasteiger partial charge in [-0.3, -0.25) is 0 Å². The Hall–Kier alpha value is -3.14. The molecule has 0 heterocycles. The van der Waals surface area contributed by atoms with Crippen LogP contribution < -0.4 is 9.80 Å². The molecule has 0 saturated heterocycles. The van der Waals surface area contributed by atoms with E-state index in [4.69, 9.17) is 0 Å². The van der Waals surface area contributed by atoms with E-state index >= 15 is 0 Å². The highest BCUT2D eigenvalue weighted by Crippen LogP contribution is 2.27. The lowest BCUT2D eigenvalue weighted by atomic mass is 10.1. The zero-order chi connectivity index (χ0) is 23.1. The van der Waals surface area contributed by atoms with Gasteiger partial charge in [-0.2, -0.15) is 4.58 Å². The van der Waals surface area contributed by atoms with E-state index in [2.05, 4.69) is 134 Å². The van der Waals surface area contributed by atoms with Crippen LogP contribution in [0.3, 0.4) is 0 Å². The number of hydrogen-bond donors (Lipinski definition) is 0. The van der Waals surface area contributed by atoms with Gasteiger partial charge in [-0.15, -0.1) is 0 Å². The Labute approximate surface area is 194 Å². The maximum atomic E-state index is 2.36. The normalized spacial score (nSPS) is 12.8. The molecule has 2 aromatic carbocycles. The third-order valence-electron chi connectivity index (χ3n) is 6.36. The van der Waals surface area contributed by atoms with Crippen LogP contribution in [0.25, 0.3) is 0 Å². The fraction of sp³-hybridized carbons (Fsp3) is 0.357. The Kier molecular flexibility index (Phi) is 8.04. The number of nitrogens with zero attached hydrogens (tertiary/aromatic N) is 4. The predicted molar refractivity (Wildman–Crippen MR) is 140 cm³/mol. The summed E-state index contributed by atoms with van der Waals surface area (Å²) in [6.45, 7) is 12.9. The molecule has 0 N–H and O–H groups in total. The Morgan fingerprint density at radius 3 is 1.53 bits per heavy atom. The minimum Gasteiger partial charge on any atom is -0.372 e. The van der Waals surface area contributed by atoms with Gasteiger partial charge in [-0.1, -0.05) is 0 Å². The molecule has 0 spiro atoms. The first kappa shape index (κ1) is 23.5. The molecule has 0 unspecified atom stereocenters. The van der Waals surface area contributed by atoms with Gasteiger partial charge in [0.25, 0.3) is 0 Å². The summed E-state index contributed by atoms with van der Waals surface area (Å²) < 4.78 is 4.59. The van der Waals surface area contributed by atoms with Gasteiger partial charge in [0.2, 0.25) is 11.4 Å². The second-order valence-electron chi connectivity index (χ2n) is 8.01. The van der Waals surface area contributed by atoms with Gasteiger partial charge in [0.1, 0.15) is 20.1 Å². The summed E-state index contributed by atoms with van der Waals surface area (Å²) in [5.74, 6) is 0. The number of allylic oxidation sites excluding steroid dienone is 4. The molecule has 32 heavy (non-hydrogen) atoms. The standard InChI is InChI=1S/C28H38N4/c1-7-31(8-2)27-19-15-25(16-20-27)29(5)23-11-13-24(14-12-23)30(6)26-17-21-28(22-18-26)32(9-3)10-4/h11-22H,7-10H2,1-6H3/q+2. The molecule has 0 bridgehead atoms. The lowest BCUT2D eigenvalue weighted by molar-refractivity contribution is -0.519. The van der Waals surface area contributed by atoms with Crippen molar-refractivity contribution in [2.24, 2.45) is 0 Å². The molecule has 2 aromatic rings. The first-order chi connectivity index (χ1) is 15.5. The summed E-state index contributed by atoms with van der Waals surface area (Å²) in [5.41, 5.74) is 7.28. The SMILES string of the molecule is CCN(CC)c1ccc(N(C)c2ccc([N+](C)=C3C=CC(=[N+](CC)CC)C=C3)cc2)cc1. The van der Waals surface area contributed by atoms with Crippen molar-refractivity contribution in [3.05, 3.63) is 72.8 Å². The van der Waals surface area contributed by atoms with Crippen molar-refractivity contribution in [3.63, 3.8) is 0 Å². The molecule has 1 aliphatic rings. The Balaban J connectivity index is 1.76.